The number of amides is 2. The number of hydrogen-bond donors (Lipinski definition) is 2. The Kier molecular flexibility index (Phi) is 6.66. The number of carbonyl (C=O) groups is 2. The molecule has 0 bridgehead atoms. The summed E-state index contributed by atoms with van der Waals surface area (Å²) in [5.74, 6) is -1.99. The molecule has 0 unspecified atom stereocenters. The van der Waals surface area contributed by atoms with Crippen LogP contribution in [0, 0.1) is 12.7 Å². The first-order valence-electron chi connectivity index (χ1n) is 6.47. The topological polar surface area (TPSA) is 67.4 Å². The molecule has 1 aromatic rings. The molecule has 0 fully saturated rings. The fourth-order valence-corrected chi connectivity index (χ4v) is 1.46. The van der Waals surface area contributed by atoms with Gasteiger partial charge in [0.15, 0.2) is 0 Å². The van der Waals surface area contributed by atoms with Crippen molar-refractivity contribution in [2.75, 3.05) is 25.1 Å². The normalized spacial score (nSPS) is 10.2. The number of hydrogen-bond acceptors (Lipinski definition) is 3. The summed E-state index contributed by atoms with van der Waals surface area (Å²) in [6, 6.07) is 4.25. The largest absolute Gasteiger partial charge is 0.382 e. The number of carbonyl (C=O) groups excluding carboxylic acids is 2. The number of ether oxygens (including phenoxy) is 1. The Bertz CT molecular complexity index is 477. The summed E-state index contributed by atoms with van der Waals surface area (Å²) in [6.07, 6.45) is 0.631. The molecule has 0 saturated carbocycles. The van der Waals surface area contributed by atoms with E-state index in [1.165, 1.54) is 12.1 Å². The Labute approximate surface area is 117 Å². The second-order valence-corrected chi connectivity index (χ2v) is 4.22. The van der Waals surface area contributed by atoms with Gasteiger partial charge in [0.2, 0.25) is 0 Å². The van der Waals surface area contributed by atoms with Crippen molar-refractivity contribution in [3.05, 3.63) is 29.6 Å². The molecule has 0 radical (unpaired) electrons. The number of rotatable bonds is 6. The SMILES string of the molecule is CCOCCCNC(=O)C(=O)Nc1ccc(C)c(F)c1. The fraction of sp³-hybridized carbons (Fsp3) is 0.429. The summed E-state index contributed by atoms with van der Waals surface area (Å²) >= 11 is 0. The molecule has 0 spiro atoms. The summed E-state index contributed by atoms with van der Waals surface area (Å²) in [7, 11) is 0. The minimum atomic E-state index is -0.815. The van der Waals surface area contributed by atoms with E-state index >= 15 is 0 Å². The molecule has 6 heteroatoms. The van der Waals surface area contributed by atoms with Crippen molar-refractivity contribution in [1.29, 1.82) is 0 Å². The molecular weight excluding hydrogens is 263 g/mol. The molecule has 0 atom stereocenters. The van der Waals surface area contributed by atoms with Gasteiger partial charge in [-0.15, -0.1) is 0 Å². The predicted molar refractivity (Wildman–Crippen MR) is 73.9 cm³/mol. The zero-order valence-electron chi connectivity index (χ0n) is 11.7. The highest BCUT2D eigenvalue weighted by Gasteiger charge is 2.13. The Balaban J connectivity index is 2.37. The van der Waals surface area contributed by atoms with E-state index in [1.807, 2.05) is 6.92 Å². The first kappa shape index (κ1) is 16.1. The van der Waals surface area contributed by atoms with Crippen LogP contribution in [0.15, 0.2) is 18.2 Å². The molecule has 0 aromatic heterocycles. The highest BCUT2D eigenvalue weighted by Crippen LogP contribution is 2.13. The first-order chi connectivity index (χ1) is 9.54. The van der Waals surface area contributed by atoms with Crippen LogP contribution in [-0.4, -0.2) is 31.6 Å². The summed E-state index contributed by atoms with van der Waals surface area (Å²) in [5, 5.41) is 4.80. The predicted octanol–water partition coefficient (Wildman–Crippen LogP) is 1.62. The van der Waals surface area contributed by atoms with E-state index in [0.717, 1.165) is 0 Å². The van der Waals surface area contributed by atoms with Gasteiger partial charge in [-0.1, -0.05) is 6.07 Å². The third-order valence-electron chi connectivity index (χ3n) is 2.59. The highest BCUT2D eigenvalue weighted by atomic mass is 19.1. The van der Waals surface area contributed by atoms with Crippen molar-refractivity contribution >= 4 is 17.5 Å². The van der Waals surface area contributed by atoms with E-state index in [9.17, 15) is 14.0 Å². The summed E-state index contributed by atoms with van der Waals surface area (Å²) in [6.45, 7) is 5.00. The van der Waals surface area contributed by atoms with Crippen LogP contribution < -0.4 is 10.6 Å². The number of halogens is 1. The number of benzene rings is 1. The lowest BCUT2D eigenvalue weighted by molar-refractivity contribution is -0.136. The smallest absolute Gasteiger partial charge is 0.313 e. The Morgan fingerprint density at radius 2 is 2.05 bits per heavy atom. The molecule has 1 aromatic carbocycles. The maximum atomic E-state index is 13.3. The number of aryl methyl sites for hydroxylation is 1. The second-order valence-electron chi connectivity index (χ2n) is 4.22. The molecule has 0 saturated heterocycles. The van der Waals surface area contributed by atoms with E-state index < -0.39 is 17.6 Å². The maximum absolute atomic E-state index is 13.3. The molecule has 5 nitrogen and oxygen atoms in total. The fourth-order valence-electron chi connectivity index (χ4n) is 1.46. The summed E-state index contributed by atoms with van der Waals surface area (Å²) in [5.41, 5.74) is 0.728. The van der Waals surface area contributed by atoms with E-state index in [1.54, 1.807) is 13.0 Å². The van der Waals surface area contributed by atoms with Gasteiger partial charge in [-0.05, 0) is 38.0 Å². The summed E-state index contributed by atoms with van der Waals surface area (Å²) < 4.78 is 18.4. The molecule has 0 aliphatic heterocycles. The van der Waals surface area contributed by atoms with E-state index in [-0.39, 0.29) is 5.69 Å². The minimum Gasteiger partial charge on any atom is -0.382 e. The van der Waals surface area contributed by atoms with Gasteiger partial charge in [-0.25, -0.2) is 4.39 Å². The average Bonchev–Trinajstić information content (AvgIpc) is 2.42. The van der Waals surface area contributed by atoms with Crippen LogP contribution in [0.3, 0.4) is 0 Å². The van der Waals surface area contributed by atoms with Gasteiger partial charge in [0.05, 0.1) is 0 Å². The molecule has 0 heterocycles. The van der Waals surface area contributed by atoms with Crippen LogP contribution in [0.2, 0.25) is 0 Å². The van der Waals surface area contributed by atoms with E-state index in [4.69, 9.17) is 4.74 Å². The molecule has 0 aliphatic carbocycles. The zero-order valence-corrected chi connectivity index (χ0v) is 11.7. The van der Waals surface area contributed by atoms with Crippen LogP contribution in [0.25, 0.3) is 0 Å². The van der Waals surface area contributed by atoms with Crippen LogP contribution in [-0.2, 0) is 14.3 Å². The molecule has 2 amide bonds. The highest BCUT2D eigenvalue weighted by molar-refractivity contribution is 6.39. The Morgan fingerprint density at radius 3 is 2.70 bits per heavy atom. The van der Waals surface area contributed by atoms with Crippen LogP contribution >= 0.6 is 0 Å². The van der Waals surface area contributed by atoms with Gasteiger partial charge in [0, 0.05) is 25.4 Å². The van der Waals surface area contributed by atoms with Gasteiger partial charge in [-0.2, -0.15) is 0 Å². The molecule has 2 N–H and O–H groups in total. The molecular formula is C14H19FN2O3. The standard InChI is InChI=1S/C14H19FN2O3/c1-3-20-8-4-7-16-13(18)14(19)17-11-6-5-10(2)12(15)9-11/h5-6,9H,3-4,7-8H2,1-2H3,(H,16,18)(H,17,19). The lowest BCUT2D eigenvalue weighted by atomic mass is 10.2. The van der Waals surface area contributed by atoms with E-state index in [0.29, 0.717) is 31.7 Å². The molecule has 1 rings (SSSR count). The Morgan fingerprint density at radius 1 is 1.30 bits per heavy atom. The number of nitrogens with one attached hydrogen (secondary N) is 2. The van der Waals surface area contributed by atoms with Crippen LogP contribution in [0.4, 0.5) is 10.1 Å². The summed E-state index contributed by atoms with van der Waals surface area (Å²) in [4.78, 5) is 23.0. The van der Waals surface area contributed by atoms with Gasteiger partial charge >= 0.3 is 11.8 Å². The van der Waals surface area contributed by atoms with Gasteiger partial charge in [0.25, 0.3) is 0 Å². The van der Waals surface area contributed by atoms with Crippen molar-refractivity contribution in [1.82, 2.24) is 5.32 Å². The third kappa shape index (κ3) is 5.36. The quantitative estimate of drug-likeness (QED) is 0.615. The first-order valence-corrected chi connectivity index (χ1v) is 6.47. The zero-order chi connectivity index (χ0) is 15.0. The second kappa shape index (κ2) is 8.27. The Hall–Kier alpha value is -1.95. The van der Waals surface area contributed by atoms with Crippen LogP contribution in [0.5, 0.6) is 0 Å². The van der Waals surface area contributed by atoms with E-state index in [2.05, 4.69) is 10.6 Å². The maximum Gasteiger partial charge on any atom is 0.313 e. The van der Waals surface area contributed by atoms with Crippen molar-refractivity contribution in [3.63, 3.8) is 0 Å². The van der Waals surface area contributed by atoms with Crippen LogP contribution in [0.1, 0.15) is 18.9 Å². The van der Waals surface area contributed by atoms with Crippen molar-refractivity contribution in [3.8, 4) is 0 Å². The number of anilines is 1. The van der Waals surface area contributed by atoms with Gasteiger partial charge in [0.1, 0.15) is 5.82 Å². The van der Waals surface area contributed by atoms with Gasteiger partial charge in [-0.3, -0.25) is 9.59 Å². The minimum absolute atomic E-state index is 0.252. The van der Waals surface area contributed by atoms with Gasteiger partial charge < -0.3 is 15.4 Å². The monoisotopic (exact) mass is 282 g/mol. The lowest BCUT2D eigenvalue weighted by Crippen LogP contribution is -2.36. The van der Waals surface area contributed by atoms with Crippen molar-refractivity contribution in [2.45, 2.75) is 20.3 Å². The lowest BCUT2D eigenvalue weighted by Gasteiger charge is -2.07. The third-order valence-corrected chi connectivity index (χ3v) is 2.59. The molecule has 0 aliphatic rings. The van der Waals surface area contributed by atoms with Crippen molar-refractivity contribution in [2.24, 2.45) is 0 Å². The molecule has 110 valence electrons. The van der Waals surface area contributed by atoms with Crippen molar-refractivity contribution < 1.29 is 18.7 Å². The molecule has 20 heavy (non-hydrogen) atoms. The average molecular weight is 282 g/mol.